The third-order valence-electron chi connectivity index (χ3n) is 2.91. The minimum atomic E-state index is -3.46. The fourth-order valence-electron chi connectivity index (χ4n) is 1.86. The standard InChI is InChI=1S/C14H17NO3S/c16-10-4-3-9-15-19(17,18)14-8-7-12-5-1-2-6-13(12)11-14/h1-2,5-8,11,15-16H,3-4,9-10H2. The Morgan fingerprint density at radius 2 is 1.74 bits per heavy atom. The maximum atomic E-state index is 12.1. The summed E-state index contributed by atoms with van der Waals surface area (Å²) in [5, 5.41) is 10.6. The van der Waals surface area contributed by atoms with Crippen molar-refractivity contribution in [3.63, 3.8) is 0 Å². The lowest BCUT2D eigenvalue weighted by atomic mass is 10.1. The van der Waals surface area contributed by atoms with Crippen molar-refractivity contribution in [3.8, 4) is 0 Å². The molecule has 0 heterocycles. The van der Waals surface area contributed by atoms with Gasteiger partial charge in [0.05, 0.1) is 4.90 Å². The predicted octanol–water partition coefficient (Wildman–Crippen LogP) is 1.89. The van der Waals surface area contributed by atoms with Crippen LogP contribution in [-0.4, -0.2) is 26.7 Å². The van der Waals surface area contributed by atoms with E-state index in [0.717, 1.165) is 10.8 Å². The minimum absolute atomic E-state index is 0.0811. The zero-order valence-corrected chi connectivity index (χ0v) is 11.4. The van der Waals surface area contributed by atoms with Crippen LogP contribution in [0.25, 0.3) is 10.8 Å². The lowest BCUT2D eigenvalue weighted by Crippen LogP contribution is -2.24. The molecule has 0 saturated carbocycles. The van der Waals surface area contributed by atoms with E-state index in [1.165, 1.54) is 0 Å². The molecule has 0 unspecified atom stereocenters. The average Bonchev–Trinajstić information content (AvgIpc) is 2.43. The third-order valence-corrected chi connectivity index (χ3v) is 4.37. The van der Waals surface area contributed by atoms with Gasteiger partial charge in [0.15, 0.2) is 0 Å². The highest BCUT2D eigenvalue weighted by atomic mass is 32.2. The van der Waals surface area contributed by atoms with Crippen LogP contribution in [0.2, 0.25) is 0 Å². The van der Waals surface area contributed by atoms with Crippen LogP contribution >= 0.6 is 0 Å². The Morgan fingerprint density at radius 3 is 2.47 bits per heavy atom. The highest BCUT2D eigenvalue weighted by Gasteiger charge is 2.13. The van der Waals surface area contributed by atoms with E-state index in [9.17, 15) is 8.42 Å². The Labute approximate surface area is 113 Å². The number of benzene rings is 2. The van der Waals surface area contributed by atoms with Crippen LogP contribution in [0.3, 0.4) is 0 Å². The zero-order valence-electron chi connectivity index (χ0n) is 10.5. The Morgan fingerprint density at radius 1 is 1.00 bits per heavy atom. The molecule has 0 atom stereocenters. The van der Waals surface area contributed by atoms with Crippen LogP contribution in [0.15, 0.2) is 47.4 Å². The Balaban J connectivity index is 2.18. The molecule has 0 aliphatic heterocycles. The number of hydrogen-bond acceptors (Lipinski definition) is 3. The number of unbranched alkanes of at least 4 members (excludes halogenated alkanes) is 1. The van der Waals surface area contributed by atoms with Crippen molar-refractivity contribution in [1.29, 1.82) is 0 Å². The first-order valence-electron chi connectivity index (χ1n) is 6.23. The molecule has 19 heavy (non-hydrogen) atoms. The van der Waals surface area contributed by atoms with Gasteiger partial charge in [0.1, 0.15) is 0 Å². The molecule has 4 nitrogen and oxygen atoms in total. The number of aliphatic hydroxyl groups is 1. The Kier molecular flexibility index (Phi) is 4.52. The van der Waals surface area contributed by atoms with E-state index in [1.807, 2.05) is 24.3 Å². The van der Waals surface area contributed by atoms with Crippen molar-refractivity contribution < 1.29 is 13.5 Å². The summed E-state index contributed by atoms with van der Waals surface area (Å²) < 4.78 is 26.7. The summed E-state index contributed by atoms with van der Waals surface area (Å²) in [6.45, 7) is 0.424. The molecule has 0 bridgehead atoms. The summed E-state index contributed by atoms with van der Waals surface area (Å²) >= 11 is 0. The summed E-state index contributed by atoms with van der Waals surface area (Å²) in [5.41, 5.74) is 0. The van der Waals surface area contributed by atoms with Gasteiger partial charge in [-0.15, -0.1) is 0 Å². The van der Waals surface area contributed by atoms with Crippen molar-refractivity contribution in [1.82, 2.24) is 4.72 Å². The molecule has 0 aliphatic rings. The number of nitrogens with one attached hydrogen (secondary N) is 1. The molecule has 2 aromatic carbocycles. The van der Waals surface area contributed by atoms with Gasteiger partial charge in [-0.25, -0.2) is 13.1 Å². The van der Waals surface area contributed by atoms with Gasteiger partial charge in [-0.3, -0.25) is 0 Å². The van der Waals surface area contributed by atoms with Crippen LogP contribution in [0.4, 0.5) is 0 Å². The molecule has 0 saturated heterocycles. The maximum Gasteiger partial charge on any atom is 0.240 e. The molecule has 0 spiro atoms. The second-order valence-electron chi connectivity index (χ2n) is 4.34. The van der Waals surface area contributed by atoms with Crippen LogP contribution in [0.1, 0.15) is 12.8 Å². The van der Waals surface area contributed by atoms with Crippen LogP contribution < -0.4 is 4.72 Å². The smallest absolute Gasteiger partial charge is 0.240 e. The van der Waals surface area contributed by atoms with E-state index in [2.05, 4.69) is 4.72 Å². The first kappa shape index (κ1) is 14.0. The zero-order chi connectivity index (χ0) is 13.7. The first-order chi connectivity index (χ1) is 9.13. The largest absolute Gasteiger partial charge is 0.396 e. The molecule has 0 radical (unpaired) electrons. The second kappa shape index (κ2) is 6.14. The lowest BCUT2D eigenvalue weighted by Gasteiger charge is -2.07. The van der Waals surface area contributed by atoms with E-state index in [1.54, 1.807) is 18.2 Å². The molecule has 5 heteroatoms. The van der Waals surface area contributed by atoms with Crippen molar-refractivity contribution >= 4 is 20.8 Å². The normalized spacial score (nSPS) is 11.8. The van der Waals surface area contributed by atoms with Gasteiger partial charge in [0.25, 0.3) is 0 Å². The number of fused-ring (bicyclic) bond motifs is 1. The van der Waals surface area contributed by atoms with E-state index in [0.29, 0.717) is 19.4 Å². The molecule has 2 aromatic rings. The molecule has 0 fully saturated rings. The van der Waals surface area contributed by atoms with E-state index in [4.69, 9.17) is 5.11 Å². The van der Waals surface area contributed by atoms with Crippen molar-refractivity contribution in [3.05, 3.63) is 42.5 Å². The molecule has 2 rings (SSSR count). The summed E-state index contributed by atoms with van der Waals surface area (Å²) in [7, 11) is -3.46. The van der Waals surface area contributed by atoms with Gasteiger partial charge >= 0.3 is 0 Å². The average molecular weight is 279 g/mol. The van der Waals surface area contributed by atoms with Gasteiger partial charge in [-0.05, 0) is 35.7 Å². The molecule has 0 amide bonds. The molecular formula is C14H17NO3S. The van der Waals surface area contributed by atoms with Crippen LogP contribution in [0, 0.1) is 0 Å². The summed E-state index contributed by atoms with van der Waals surface area (Å²) in [6.07, 6.45) is 1.23. The van der Waals surface area contributed by atoms with Crippen molar-refractivity contribution in [2.75, 3.05) is 13.2 Å². The number of rotatable bonds is 6. The Hall–Kier alpha value is -1.43. The van der Waals surface area contributed by atoms with E-state index in [-0.39, 0.29) is 11.5 Å². The number of aliphatic hydroxyl groups excluding tert-OH is 1. The fourth-order valence-corrected chi connectivity index (χ4v) is 2.97. The van der Waals surface area contributed by atoms with Crippen LogP contribution in [0.5, 0.6) is 0 Å². The number of hydrogen-bond donors (Lipinski definition) is 2. The monoisotopic (exact) mass is 279 g/mol. The molecule has 0 aliphatic carbocycles. The van der Waals surface area contributed by atoms with E-state index < -0.39 is 10.0 Å². The van der Waals surface area contributed by atoms with Gasteiger partial charge in [0.2, 0.25) is 10.0 Å². The van der Waals surface area contributed by atoms with Gasteiger partial charge in [-0.2, -0.15) is 0 Å². The molecule has 102 valence electrons. The van der Waals surface area contributed by atoms with Crippen molar-refractivity contribution in [2.24, 2.45) is 0 Å². The predicted molar refractivity (Wildman–Crippen MR) is 75.5 cm³/mol. The third kappa shape index (κ3) is 3.53. The minimum Gasteiger partial charge on any atom is -0.396 e. The molecular weight excluding hydrogens is 262 g/mol. The van der Waals surface area contributed by atoms with Crippen molar-refractivity contribution in [2.45, 2.75) is 17.7 Å². The number of sulfonamides is 1. The van der Waals surface area contributed by atoms with Gasteiger partial charge in [0, 0.05) is 13.2 Å². The lowest BCUT2D eigenvalue weighted by molar-refractivity contribution is 0.285. The maximum absolute atomic E-state index is 12.1. The second-order valence-corrected chi connectivity index (χ2v) is 6.10. The first-order valence-corrected chi connectivity index (χ1v) is 7.71. The van der Waals surface area contributed by atoms with E-state index >= 15 is 0 Å². The van der Waals surface area contributed by atoms with Gasteiger partial charge < -0.3 is 5.11 Å². The molecule has 0 aromatic heterocycles. The van der Waals surface area contributed by atoms with Crippen LogP contribution in [-0.2, 0) is 10.0 Å². The van der Waals surface area contributed by atoms with Gasteiger partial charge in [-0.1, -0.05) is 30.3 Å². The quantitative estimate of drug-likeness (QED) is 0.794. The molecule has 2 N–H and O–H groups in total. The highest BCUT2D eigenvalue weighted by Crippen LogP contribution is 2.18. The summed E-state index contributed by atoms with van der Waals surface area (Å²) in [6, 6.07) is 12.7. The Bertz CT molecular complexity index is 653. The fraction of sp³-hybridized carbons (Fsp3) is 0.286. The summed E-state index contributed by atoms with van der Waals surface area (Å²) in [5.74, 6) is 0. The summed E-state index contributed by atoms with van der Waals surface area (Å²) in [4.78, 5) is 0.273. The SMILES string of the molecule is O=S(=O)(NCCCCO)c1ccc2ccccc2c1. The highest BCUT2D eigenvalue weighted by molar-refractivity contribution is 7.89. The topological polar surface area (TPSA) is 66.4 Å².